The monoisotopic (exact) mass is 334 g/mol. The number of nitrogens with zero attached hydrogens (tertiary/aromatic N) is 1. The lowest BCUT2D eigenvalue weighted by molar-refractivity contribution is 0.387. The maximum atomic E-state index is 14.6. The van der Waals surface area contributed by atoms with E-state index < -0.39 is 5.82 Å². The first-order valence-corrected chi connectivity index (χ1v) is 7.77. The summed E-state index contributed by atoms with van der Waals surface area (Å²) in [6.45, 7) is 0. The number of phenols is 1. The number of aromatic nitrogens is 2. The van der Waals surface area contributed by atoms with Crippen LogP contribution in [0, 0.1) is 5.82 Å². The summed E-state index contributed by atoms with van der Waals surface area (Å²) in [6, 6.07) is 13.9. The molecule has 4 rings (SSSR count). The van der Waals surface area contributed by atoms with E-state index in [2.05, 4.69) is 9.97 Å². The zero-order valence-electron chi connectivity index (χ0n) is 13.5. The number of benzene rings is 2. The van der Waals surface area contributed by atoms with Crippen molar-refractivity contribution in [1.82, 2.24) is 9.97 Å². The molecule has 0 radical (unpaired) electrons. The third-order valence-corrected chi connectivity index (χ3v) is 4.18. The van der Waals surface area contributed by atoms with Gasteiger partial charge in [0.1, 0.15) is 11.4 Å². The number of aromatic hydroxyl groups is 1. The standard InChI is InChI=1S/C20H15FN2O2/c1-25-18-7-3-6-15(19(18)21)17-11-23-20-16(17)9-13(10-22-20)12-4-2-5-14(24)8-12/h2-11,24H,1H3,(H,22,23). The van der Waals surface area contributed by atoms with Gasteiger partial charge in [0, 0.05) is 34.5 Å². The van der Waals surface area contributed by atoms with Crippen LogP contribution in [-0.4, -0.2) is 22.2 Å². The molecule has 124 valence electrons. The lowest BCUT2D eigenvalue weighted by Gasteiger charge is -2.07. The number of phenolic OH excluding ortho intramolecular Hbond substituents is 1. The van der Waals surface area contributed by atoms with Gasteiger partial charge in [0.15, 0.2) is 11.6 Å². The smallest absolute Gasteiger partial charge is 0.172 e. The Bertz CT molecular complexity index is 1070. The number of halogens is 1. The lowest BCUT2D eigenvalue weighted by atomic mass is 10.0. The molecule has 4 nitrogen and oxygen atoms in total. The highest BCUT2D eigenvalue weighted by Gasteiger charge is 2.15. The van der Waals surface area contributed by atoms with Crippen molar-refractivity contribution in [2.24, 2.45) is 0 Å². The summed E-state index contributed by atoms with van der Waals surface area (Å²) >= 11 is 0. The molecule has 0 bridgehead atoms. The number of hydrogen-bond acceptors (Lipinski definition) is 3. The summed E-state index contributed by atoms with van der Waals surface area (Å²) in [6.07, 6.45) is 3.46. The van der Waals surface area contributed by atoms with Crippen LogP contribution in [0.15, 0.2) is 60.9 Å². The molecule has 0 atom stereocenters. The number of pyridine rings is 1. The van der Waals surface area contributed by atoms with Gasteiger partial charge in [0.2, 0.25) is 0 Å². The Balaban J connectivity index is 1.91. The Morgan fingerprint density at radius 2 is 1.88 bits per heavy atom. The van der Waals surface area contributed by atoms with Crippen molar-refractivity contribution in [3.63, 3.8) is 0 Å². The van der Waals surface area contributed by atoms with E-state index >= 15 is 0 Å². The maximum absolute atomic E-state index is 14.6. The first-order chi connectivity index (χ1) is 12.2. The van der Waals surface area contributed by atoms with Crippen LogP contribution in [0.5, 0.6) is 11.5 Å². The maximum Gasteiger partial charge on any atom is 0.172 e. The number of methoxy groups -OCH3 is 1. The largest absolute Gasteiger partial charge is 0.508 e. The zero-order chi connectivity index (χ0) is 17.4. The van der Waals surface area contributed by atoms with Crippen molar-refractivity contribution in [3.05, 3.63) is 66.7 Å². The highest BCUT2D eigenvalue weighted by molar-refractivity contribution is 5.96. The van der Waals surface area contributed by atoms with Gasteiger partial charge in [-0.05, 0) is 29.8 Å². The molecule has 2 aromatic carbocycles. The molecule has 0 aliphatic heterocycles. The number of nitrogens with one attached hydrogen (secondary N) is 1. The molecule has 0 saturated carbocycles. The van der Waals surface area contributed by atoms with Gasteiger partial charge >= 0.3 is 0 Å². The van der Waals surface area contributed by atoms with Crippen molar-refractivity contribution in [2.75, 3.05) is 7.11 Å². The van der Waals surface area contributed by atoms with Crippen molar-refractivity contribution in [2.45, 2.75) is 0 Å². The highest BCUT2D eigenvalue weighted by Crippen LogP contribution is 2.35. The molecular weight excluding hydrogens is 319 g/mol. The van der Waals surface area contributed by atoms with Crippen molar-refractivity contribution in [3.8, 4) is 33.8 Å². The second-order valence-electron chi connectivity index (χ2n) is 5.69. The average molecular weight is 334 g/mol. The summed E-state index contributed by atoms with van der Waals surface area (Å²) in [4.78, 5) is 7.49. The van der Waals surface area contributed by atoms with Crippen molar-refractivity contribution >= 4 is 11.0 Å². The van der Waals surface area contributed by atoms with Crippen LogP contribution < -0.4 is 4.74 Å². The van der Waals surface area contributed by atoms with Crippen LogP contribution in [0.25, 0.3) is 33.3 Å². The van der Waals surface area contributed by atoms with Gasteiger partial charge < -0.3 is 14.8 Å². The van der Waals surface area contributed by atoms with Crippen LogP contribution in [-0.2, 0) is 0 Å². The summed E-state index contributed by atoms with van der Waals surface area (Å²) in [5.74, 6) is -0.0247. The Kier molecular flexibility index (Phi) is 3.61. The molecule has 0 amide bonds. The molecule has 0 aliphatic rings. The number of fused-ring (bicyclic) bond motifs is 1. The highest BCUT2D eigenvalue weighted by atomic mass is 19.1. The molecule has 2 N–H and O–H groups in total. The van der Waals surface area contributed by atoms with Gasteiger partial charge in [-0.2, -0.15) is 0 Å². The molecule has 5 heteroatoms. The van der Waals surface area contributed by atoms with Crippen molar-refractivity contribution < 1.29 is 14.2 Å². The van der Waals surface area contributed by atoms with E-state index in [1.807, 2.05) is 12.1 Å². The van der Waals surface area contributed by atoms with Crippen molar-refractivity contribution in [1.29, 1.82) is 0 Å². The molecule has 4 aromatic rings. The van der Waals surface area contributed by atoms with Gasteiger partial charge in [0.25, 0.3) is 0 Å². The second kappa shape index (κ2) is 5.94. The van der Waals surface area contributed by atoms with E-state index in [1.165, 1.54) is 7.11 Å². The zero-order valence-corrected chi connectivity index (χ0v) is 13.5. The topological polar surface area (TPSA) is 58.1 Å². The lowest BCUT2D eigenvalue weighted by Crippen LogP contribution is -1.91. The Morgan fingerprint density at radius 3 is 2.68 bits per heavy atom. The fourth-order valence-corrected chi connectivity index (χ4v) is 2.95. The third kappa shape index (κ3) is 2.59. The van der Waals surface area contributed by atoms with Gasteiger partial charge in [-0.25, -0.2) is 9.37 Å². The average Bonchev–Trinajstić information content (AvgIpc) is 3.05. The van der Waals surface area contributed by atoms with Gasteiger partial charge in [-0.1, -0.05) is 24.3 Å². The summed E-state index contributed by atoms with van der Waals surface area (Å²) in [5, 5.41) is 10.5. The van der Waals surface area contributed by atoms with Crippen LogP contribution in [0.3, 0.4) is 0 Å². The normalized spacial score (nSPS) is 11.0. The number of ether oxygens (including phenoxy) is 1. The summed E-state index contributed by atoms with van der Waals surface area (Å²) in [5.41, 5.74) is 3.50. The fraction of sp³-hybridized carbons (Fsp3) is 0.0500. The molecule has 2 heterocycles. The molecule has 0 fully saturated rings. The van der Waals surface area contributed by atoms with Crippen LogP contribution in [0.4, 0.5) is 4.39 Å². The summed E-state index contributed by atoms with van der Waals surface area (Å²) < 4.78 is 19.7. The van der Waals surface area contributed by atoms with Crippen LogP contribution >= 0.6 is 0 Å². The molecule has 0 unspecified atom stereocenters. The minimum Gasteiger partial charge on any atom is -0.508 e. The Labute approximate surface area is 143 Å². The summed E-state index contributed by atoms with van der Waals surface area (Å²) in [7, 11) is 1.44. The molecule has 2 aromatic heterocycles. The minimum atomic E-state index is -0.409. The molecule has 0 aliphatic carbocycles. The van der Waals surface area contributed by atoms with Gasteiger partial charge in [-0.15, -0.1) is 0 Å². The van der Waals surface area contributed by atoms with E-state index in [9.17, 15) is 9.50 Å². The molecule has 0 spiro atoms. The Morgan fingerprint density at radius 1 is 1.04 bits per heavy atom. The third-order valence-electron chi connectivity index (χ3n) is 4.18. The number of H-pyrrole nitrogens is 1. The van der Waals surface area contributed by atoms with Gasteiger partial charge in [0.05, 0.1) is 7.11 Å². The number of rotatable bonds is 3. The van der Waals surface area contributed by atoms with Crippen LogP contribution in [0.1, 0.15) is 0 Å². The van der Waals surface area contributed by atoms with E-state index in [4.69, 9.17) is 4.74 Å². The molecule has 0 saturated heterocycles. The van der Waals surface area contributed by atoms with E-state index in [-0.39, 0.29) is 11.5 Å². The van der Waals surface area contributed by atoms with E-state index in [1.54, 1.807) is 48.8 Å². The first kappa shape index (κ1) is 15.2. The Hall–Kier alpha value is -3.34. The predicted octanol–water partition coefficient (Wildman–Crippen LogP) is 4.75. The van der Waals surface area contributed by atoms with Gasteiger partial charge in [-0.3, -0.25) is 0 Å². The number of hydrogen-bond donors (Lipinski definition) is 2. The minimum absolute atomic E-state index is 0.186. The molecular formula is C20H15FN2O2. The second-order valence-corrected chi connectivity index (χ2v) is 5.69. The molecule has 25 heavy (non-hydrogen) atoms. The first-order valence-electron chi connectivity index (χ1n) is 7.77. The van der Waals surface area contributed by atoms with Crippen LogP contribution in [0.2, 0.25) is 0 Å². The quantitative estimate of drug-likeness (QED) is 0.568. The fourth-order valence-electron chi connectivity index (χ4n) is 2.95. The van der Waals surface area contributed by atoms with E-state index in [0.717, 1.165) is 16.5 Å². The number of aromatic amines is 1. The SMILES string of the molecule is COc1cccc(-c2c[nH]c3ncc(-c4cccc(O)c4)cc23)c1F. The predicted molar refractivity (Wildman–Crippen MR) is 95.1 cm³/mol. The van der Waals surface area contributed by atoms with E-state index in [0.29, 0.717) is 16.8 Å².